The first kappa shape index (κ1) is 19.1. The van der Waals surface area contributed by atoms with Gasteiger partial charge in [-0.2, -0.15) is 0 Å². The molecule has 0 fully saturated rings. The van der Waals surface area contributed by atoms with Crippen molar-refractivity contribution < 1.29 is 14.5 Å². The normalized spacial score (nSPS) is 10.3. The Bertz CT molecular complexity index is 939. The Morgan fingerprint density at radius 2 is 1.61 bits per heavy atom. The minimum Gasteiger partial charge on any atom is -0.484 e. The average molecular weight is 376 g/mol. The van der Waals surface area contributed by atoms with Crippen LogP contribution in [-0.2, 0) is 11.3 Å². The molecule has 3 aromatic rings. The Labute approximate surface area is 163 Å². The molecule has 0 aromatic heterocycles. The van der Waals surface area contributed by atoms with Crippen molar-refractivity contribution in [3.63, 3.8) is 0 Å². The van der Waals surface area contributed by atoms with Gasteiger partial charge in [-0.15, -0.1) is 0 Å². The number of nitro benzene ring substituents is 1. The first-order chi connectivity index (χ1) is 13.5. The molecule has 0 aliphatic heterocycles. The van der Waals surface area contributed by atoms with Crippen molar-refractivity contribution in [2.75, 3.05) is 11.5 Å². The van der Waals surface area contributed by atoms with Crippen molar-refractivity contribution in [1.82, 2.24) is 0 Å². The first-order valence-corrected chi connectivity index (χ1v) is 8.81. The van der Waals surface area contributed by atoms with Gasteiger partial charge in [0.15, 0.2) is 6.61 Å². The molecule has 0 bridgehead atoms. The molecule has 3 aromatic carbocycles. The number of anilines is 1. The van der Waals surface area contributed by atoms with Gasteiger partial charge in [-0.1, -0.05) is 48.0 Å². The van der Waals surface area contributed by atoms with E-state index in [4.69, 9.17) is 4.74 Å². The highest BCUT2D eigenvalue weighted by Crippen LogP contribution is 2.20. The second kappa shape index (κ2) is 8.81. The lowest BCUT2D eigenvalue weighted by molar-refractivity contribution is -0.384. The summed E-state index contributed by atoms with van der Waals surface area (Å²) in [6, 6.07) is 23.1. The van der Waals surface area contributed by atoms with Crippen LogP contribution < -0.4 is 9.64 Å². The summed E-state index contributed by atoms with van der Waals surface area (Å²) in [5, 5.41) is 10.7. The summed E-state index contributed by atoms with van der Waals surface area (Å²) in [5.74, 6) is 0.202. The molecule has 0 spiro atoms. The minimum absolute atomic E-state index is 0.0240. The van der Waals surface area contributed by atoms with Gasteiger partial charge < -0.3 is 9.64 Å². The number of nitrogens with zero attached hydrogens (tertiary/aromatic N) is 2. The molecule has 0 saturated heterocycles. The second-order valence-corrected chi connectivity index (χ2v) is 6.34. The van der Waals surface area contributed by atoms with E-state index in [9.17, 15) is 14.9 Å². The van der Waals surface area contributed by atoms with Crippen LogP contribution in [0.4, 0.5) is 11.4 Å². The van der Waals surface area contributed by atoms with Crippen LogP contribution in [0.2, 0.25) is 0 Å². The molecule has 0 aliphatic carbocycles. The quantitative estimate of drug-likeness (QED) is 0.449. The Morgan fingerprint density at radius 1 is 0.964 bits per heavy atom. The molecule has 0 unspecified atom stereocenters. The molecule has 0 saturated carbocycles. The van der Waals surface area contributed by atoms with Gasteiger partial charge in [-0.25, -0.2) is 0 Å². The third kappa shape index (κ3) is 4.94. The molecule has 1 amide bonds. The highest BCUT2D eigenvalue weighted by atomic mass is 16.6. The van der Waals surface area contributed by atoms with Crippen LogP contribution in [0, 0.1) is 17.0 Å². The fourth-order valence-electron chi connectivity index (χ4n) is 2.70. The van der Waals surface area contributed by atoms with E-state index < -0.39 is 4.92 Å². The fourth-order valence-corrected chi connectivity index (χ4v) is 2.70. The summed E-state index contributed by atoms with van der Waals surface area (Å²) in [4.78, 5) is 24.8. The van der Waals surface area contributed by atoms with Crippen LogP contribution in [0.25, 0.3) is 0 Å². The number of nitro groups is 1. The number of ether oxygens (including phenoxy) is 1. The van der Waals surface area contributed by atoms with E-state index in [-0.39, 0.29) is 18.2 Å². The lowest BCUT2D eigenvalue weighted by Crippen LogP contribution is -2.34. The van der Waals surface area contributed by atoms with E-state index in [2.05, 4.69) is 0 Å². The van der Waals surface area contributed by atoms with Crippen LogP contribution in [0.5, 0.6) is 5.75 Å². The summed E-state index contributed by atoms with van der Waals surface area (Å²) >= 11 is 0. The molecular formula is C22H20N2O4. The number of benzene rings is 3. The lowest BCUT2D eigenvalue weighted by atomic mass is 10.1. The predicted molar refractivity (Wildman–Crippen MR) is 107 cm³/mol. The maximum atomic E-state index is 12.9. The van der Waals surface area contributed by atoms with Gasteiger partial charge >= 0.3 is 0 Å². The highest BCUT2D eigenvalue weighted by Gasteiger charge is 2.17. The zero-order valence-electron chi connectivity index (χ0n) is 15.4. The summed E-state index contributed by atoms with van der Waals surface area (Å²) in [6.07, 6.45) is 0. The average Bonchev–Trinajstić information content (AvgIpc) is 2.72. The summed E-state index contributed by atoms with van der Waals surface area (Å²) in [5.41, 5.74) is 2.88. The molecule has 0 heterocycles. The lowest BCUT2D eigenvalue weighted by Gasteiger charge is -2.23. The number of rotatable bonds is 7. The number of non-ortho nitro benzene ring substituents is 1. The molecule has 0 radical (unpaired) electrons. The maximum absolute atomic E-state index is 12.9. The Balaban J connectivity index is 1.74. The third-order valence-corrected chi connectivity index (χ3v) is 4.24. The standard InChI is InChI=1S/C22H20N2O4/c1-17-7-9-19(10-8-17)23(15-18-5-3-2-4-6-18)22(25)16-28-21-13-11-20(12-14-21)24(26)27/h2-14H,15-16H2,1H3. The van der Waals surface area contributed by atoms with Gasteiger partial charge in [-0.3, -0.25) is 14.9 Å². The molecule has 3 rings (SSSR count). The van der Waals surface area contributed by atoms with E-state index in [1.165, 1.54) is 24.3 Å². The van der Waals surface area contributed by atoms with Gasteiger partial charge in [0.25, 0.3) is 11.6 Å². The van der Waals surface area contributed by atoms with Crippen LogP contribution >= 0.6 is 0 Å². The summed E-state index contributed by atoms with van der Waals surface area (Å²) < 4.78 is 5.55. The molecule has 0 aliphatic rings. The SMILES string of the molecule is Cc1ccc(N(Cc2ccccc2)C(=O)COc2ccc([N+](=O)[O-])cc2)cc1. The smallest absolute Gasteiger partial charge is 0.269 e. The molecule has 0 atom stereocenters. The number of hydrogen-bond donors (Lipinski definition) is 0. The number of amides is 1. The molecule has 28 heavy (non-hydrogen) atoms. The topological polar surface area (TPSA) is 72.7 Å². The van der Waals surface area contributed by atoms with Gasteiger partial charge in [-0.05, 0) is 36.8 Å². The van der Waals surface area contributed by atoms with Crippen molar-refractivity contribution in [3.8, 4) is 5.75 Å². The number of aryl methyl sites for hydroxylation is 1. The van der Waals surface area contributed by atoms with Gasteiger partial charge in [0.1, 0.15) is 5.75 Å². The molecule has 6 heteroatoms. The van der Waals surface area contributed by atoms with E-state index in [0.29, 0.717) is 12.3 Å². The van der Waals surface area contributed by atoms with Crippen molar-refractivity contribution in [1.29, 1.82) is 0 Å². The monoisotopic (exact) mass is 376 g/mol. The van der Waals surface area contributed by atoms with Crippen molar-refractivity contribution >= 4 is 17.3 Å². The minimum atomic E-state index is -0.478. The highest BCUT2D eigenvalue weighted by molar-refractivity contribution is 5.94. The first-order valence-electron chi connectivity index (χ1n) is 8.81. The summed E-state index contributed by atoms with van der Waals surface area (Å²) in [6.45, 7) is 2.25. The molecular weight excluding hydrogens is 356 g/mol. The Morgan fingerprint density at radius 3 is 2.21 bits per heavy atom. The predicted octanol–water partition coefficient (Wildman–Crippen LogP) is 4.52. The third-order valence-electron chi connectivity index (χ3n) is 4.24. The van der Waals surface area contributed by atoms with Crippen molar-refractivity contribution in [2.45, 2.75) is 13.5 Å². The van der Waals surface area contributed by atoms with E-state index in [1.54, 1.807) is 4.90 Å². The maximum Gasteiger partial charge on any atom is 0.269 e. The largest absolute Gasteiger partial charge is 0.484 e. The zero-order valence-corrected chi connectivity index (χ0v) is 15.4. The summed E-state index contributed by atoms with van der Waals surface area (Å²) in [7, 11) is 0. The number of carbonyl (C=O) groups excluding carboxylic acids is 1. The zero-order chi connectivity index (χ0) is 19.9. The van der Waals surface area contributed by atoms with Crippen molar-refractivity contribution in [2.24, 2.45) is 0 Å². The number of hydrogen-bond acceptors (Lipinski definition) is 4. The number of carbonyl (C=O) groups is 1. The Hall–Kier alpha value is -3.67. The van der Waals surface area contributed by atoms with Gasteiger partial charge in [0.2, 0.25) is 0 Å². The molecule has 6 nitrogen and oxygen atoms in total. The van der Waals surface area contributed by atoms with Crippen LogP contribution in [0.1, 0.15) is 11.1 Å². The van der Waals surface area contributed by atoms with E-state index in [0.717, 1.165) is 16.8 Å². The van der Waals surface area contributed by atoms with E-state index in [1.807, 2.05) is 61.5 Å². The van der Waals surface area contributed by atoms with Gasteiger partial charge in [0, 0.05) is 17.8 Å². The van der Waals surface area contributed by atoms with E-state index >= 15 is 0 Å². The van der Waals surface area contributed by atoms with Crippen LogP contribution in [-0.4, -0.2) is 17.4 Å². The fraction of sp³-hybridized carbons (Fsp3) is 0.136. The van der Waals surface area contributed by atoms with Gasteiger partial charge in [0.05, 0.1) is 11.5 Å². The molecule has 142 valence electrons. The second-order valence-electron chi connectivity index (χ2n) is 6.34. The molecule has 0 N–H and O–H groups in total. The van der Waals surface area contributed by atoms with Crippen LogP contribution in [0.15, 0.2) is 78.9 Å². The van der Waals surface area contributed by atoms with Crippen molar-refractivity contribution in [3.05, 3.63) is 100 Å². The Kier molecular flexibility index (Phi) is 6.01. The van der Waals surface area contributed by atoms with Crippen LogP contribution in [0.3, 0.4) is 0 Å².